The number of carbonyl (C=O) groups is 1. The summed E-state index contributed by atoms with van der Waals surface area (Å²) in [4.78, 5) is 14.3. The molecule has 0 unspecified atom stereocenters. The van der Waals surface area contributed by atoms with Crippen LogP contribution in [-0.2, 0) is 4.74 Å². The van der Waals surface area contributed by atoms with Gasteiger partial charge in [0, 0.05) is 43.2 Å². The molecule has 0 fully saturated rings. The van der Waals surface area contributed by atoms with Crippen molar-refractivity contribution in [2.45, 2.75) is 26.3 Å². The Bertz CT molecular complexity index is 407. The molecule has 0 aliphatic rings. The van der Waals surface area contributed by atoms with Crippen LogP contribution in [-0.4, -0.2) is 43.5 Å². The van der Waals surface area contributed by atoms with Gasteiger partial charge in [0.2, 0.25) is 0 Å². The zero-order valence-electron chi connectivity index (χ0n) is 11.9. The lowest BCUT2D eigenvalue weighted by molar-refractivity contribution is 0.0927. The fourth-order valence-corrected chi connectivity index (χ4v) is 2.08. The Hall–Kier alpha value is -0.900. The lowest BCUT2D eigenvalue weighted by atomic mass is 10.1. The van der Waals surface area contributed by atoms with Crippen LogP contribution in [0.15, 0.2) is 24.3 Å². The third-order valence-corrected chi connectivity index (χ3v) is 3.32. The zero-order chi connectivity index (χ0) is 14.3. The predicted octanol–water partition coefficient (Wildman–Crippen LogP) is 3.27. The number of methoxy groups -OCH3 is 1. The van der Waals surface area contributed by atoms with Crippen LogP contribution in [0, 0.1) is 0 Å². The minimum Gasteiger partial charge on any atom is -0.383 e. The Morgan fingerprint density at radius 1 is 1.37 bits per heavy atom. The number of hydrogen-bond donors (Lipinski definition) is 0. The van der Waals surface area contributed by atoms with Crippen molar-refractivity contribution in [1.82, 2.24) is 4.90 Å². The maximum atomic E-state index is 12.1. The van der Waals surface area contributed by atoms with Gasteiger partial charge in [-0.15, -0.1) is 0 Å². The van der Waals surface area contributed by atoms with E-state index in [1.54, 1.807) is 25.3 Å². The van der Waals surface area contributed by atoms with Crippen molar-refractivity contribution >= 4 is 17.4 Å². The molecule has 1 rings (SSSR count). The van der Waals surface area contributed by atoms with Gasteiger partial charge in [-0.05, 0) is 26.0 Å². The van der Waals surface area contributed by atoms with Gasteiger partial charge in [0.1, 0.15) is 0 Å². The highest BCUT2D eigenvalue weighted by molar-refractivity contribution is 6.31. The highest BCUT2D eigenvalue weighted by atomic mass is 35.5. The van der Waals surface area contributed by atoms with E-state index in [2.05, 4.69) is 18.7 Å². The molecule has 0 aliphatic heterocycles. The van der Waals surface area contributed by atoms with Gasteiger partial charge in [-0.1, -0.05) is 23.7 Å². The third-order valence-electron chi connectivity index (χ3n) is 3.09. The smallest absolute Gasteiger partial charge is 0.164 e. The van der Waals surface area contributed by atoms with Crippen LogP contribution in [0.4, 0.5) is 0 Å². The molecule has 19 heavy (non-hydrogen) atoms. The second-order valence-corrected chi connectivity index (χ2v) is 5.24. The maximum Gasteiger partial charge on any atom is 0.164 e. The average Bonchev–Trinajstić information content (AvgIpc) is 2.38. The standard InChI is InChI=1S/C15H22ClNO2/c1-12(2)17(9-10-19-3)8-7-15(18)13-5-4-6-14(16)11-13/h4-6,11-12H,7-10H2,1-3H3. The van der Waals surface area contributed by atoms with Crippen molar-refractivity contribution in [3.8, 4) is 0 Å². The highest BCUT2D eigenvalue weighted by Gasteiger charge is 2.12. The number of halogens is 1. The lowest BCUT2D eigenvalue weighted by Gasteiger charge is -2.25. The predicted molar refractivity (Wildman–Crippen MR) is 79.0 cm³/mol. The van der Waals surface area contributed by atoms with E-state index < -0.39 is 0 Å². The summed E-state index contributed by atoms with van der Waals surface area (Å²) in [6.07, 6.45) is 0.502. The van der Waals surface area contributed by atoms with Crippen LogP contribution < -0.4 is 0 Å². The van der Waals surface area contributed by atoms with Gasteiger partial charge < -0.3 is 4.74 Å². The third kappa shape index (κ3) is 5.72. The largest absolute Gasteiger partial charge is 0.383 e. The van der Waals surface area contributed by atoms with Crippen molar-refractivity contribution in [3.05, 3.63) is 34.9 Å². The summed E-state index contributed by atoms with van der Waals surface area (Å²) in [5.74, 6) is 0.130. The number of ketones is 1. The van der Waals surface area contributed by atoms with Gasteiger partial charge >= 0.3 is 0 Å². The number of rotatable bonds is 8. The van der Waals surface area contributed by atoms with Crippen LogP contribution in [0.2, 0.25) is 5.02 Å². The van der Waals surface area contributed by atoms with E-state index in [1.807, 2.05) is 6.07 Å². The van der Waals surface area contributed by atoms with Gasteiger partial charge in [0.15, 0.2) is 5.78 Å². The molecule has 0 aromatic heterocycles. The number of hydrogen-bond acceptors (Lipinski definition) is 3. The molecule has 3 nitrogen and oxygen atoms in total. The van der Waals surface area contributed by atoms with E-state index in [0.717, 1.165) is 13.1 Å². The fraction of sp³-hybridized carbons (Fsp3) is 0.533. The van der Waals surface area contributed by atoms with Crippen LogP contribution in [0.3, 0.4) is 0 Å². The molecule has 0 spiro atoms. The molecule has 106 valence electrons. The summed E-state index contributed by atoms with van der Waals surface area (Å²) in [5, 5.41) is 0.603. The summed E-state index contributed by atoms with van der Waals surface area (Å²) >= 11 is 5.89. The number of ether oxygens (including phenoxy) is 1. The van der Waals surface area contributed by atoms with E-state index in [0.29, 0.717) is 29.7 Å². The second-order valence-electron chi connectivity index (χ2n) is 4.81. The van der Waals surface area contributed by atoms with Crippen molar-refractivity contribution in [1.29, 1.82) is 0 Å². The Morgan fingerprint density at radius 3 is 2.68 bits per heavy atom. The number of carbonyl (C=O) groups excluding carboxylic acids is 1. The number of benzene rings is 1. The summed E-state index contributed by atoms with van der Waals surface area (Å²) in [7, 11) is 1.69. The first-order chi connectivity index (χ1) is 9.04. The van der Waals surface area contributed by atoms with Crippen molar-refractivity contribution in [2.75, 3.05) is 26.8 Å². The van der Waals surface area contributed by atoms with E-state index in [9.17, 15) is 4.79 Å². The SMILES string of the molecule is COCCN(CCC(=O)c1cccc(Cl)c1)C(C)C. The summed E-state index contributed by atoms with van der Waals surface area (Å²) in [6.45, 7) is 6.52. The topological polar surface area (TPSA) is 29.5 Å². The first kappa shape index (κ1) is 16.2. The molecule has 0 aliphatic carbocycles. The molecular weight excluding hydrogens is 262 g/mol. The molecular formula is C15H22ClNO2. The molecule has 0 saturated carbocycles. The highest BCUT2D eigenvalue weighted by Crippen LogP contribution is 2.13. The van der Waals surface area contributed by atoms with E-state index in [4.69, 9.17) is 16.3 Å². The molecule has 0 N–H and O–H groups in total. The molecule has 0 atom stereocenters. The fourth-order valence-electron chi connectivity index (χ4n) is 1.89. The number of Topliss-reactive ketones (excluding diaryl/α,β-unsaturated/α-hetero) is 1. The molecule has 1 aromatic carbocycles. The first-order valence-corrected chi connectivity index (χ1v) is 6.94. The molecule has 4 heteroatoms. The Morgan fingerprint density at radius 2 is 2.11 bits per heavy atom. The van der Waals surface area contributed by atoms with Gasteiger partial charge in [0.25, 0.3) is 0 Å². The molecule has 1 aromatic rings. The maximum absolute atomic E-state index is 12.1. The molecule has 0 bridgehead atoms. The van der Waals surface area contributed by atoms with Crippen LogP contribution in [0.25, 0.3) is 0 Å². The first-order valence-electron chi connectivity index (χ1n) is 6.56. The average molecular weight is 284 g/mol. The summed E-state index contributed by atoms with van der Waals surface area (Å²) < 4.78 is 5.09. The molecule has 0 heterocycles. The quantitative estimate of drug-likeness (QED) is 0.686. The van der Waals surface area contributed by atoms with Gasteiger partial charge in [-0.2, -0.15) is 0 Å². The molecule has 0 saturated heterocycles. The van der Waals surface area contributed by atoms with Crippen LogP contribution in [0.5, 0.6) is 0 Å². The van der Waals surface area contributed by atoms with Gasteiger partial charge in [-0.25, -0.2) is 0 Å². The molecule has 0 amide bonds. The Balaban J connectivity index is 2.52. The zero-order valence-corrected chi connectivity index (χ0v) is 12.6. The van der Waals surface area contributed by atoms with E-state index >= 15 is 0 Å². The Kier molecular flexibility index (Phi) is 7.06. The Labute approximate surface area is 120 Å². The van der Waals surface area contributed by atoms with Crippen molar-refractivity contribution < 1.29 is 9.53 Å². The monoisotopic (exact) mass is 283 g/mol. The molecule has 0 radical (unpaired) electrons. The normalized spacial score (nSPS) is 11.3. The van der Waals surface area contributed by atoms with Crippen molar-refractivity contribution in [3.63, 3.8) is 0 Å². The minimum absolute atomic E-state index is 0.130. The van der Waals surface area contributed by atoms with E-state index in [1.165, 1.54) is 0 Å². The minimum atomic E-state index is 0.130. The van der Waals surface area contributed by atoms with Crippen LogP contribution in [0.1, 0.15) is 30.6 Å². The van der Waals surface area contributed by atoms with Crippen LogP contribution >= 0.6 is 11.6 Å². The summed E-state index contributed by atoms with van der Waals surface area (Å²) in [6, 6.07) is 7.52. The summed E-state index contributed by atoms with van der Waals surface area (Å²) in [5.41, 5.74) is 0.683. The van der Waals surface area contributed by atoms with E-state index in [-0.39, 0.29) is 5.78 Å². The second kappa shape index (κ2) is 8.31. The van der Waals surface area contributed by atoms with Gasteiger partial charge in [0.05, 0.1) is 6.61 Å². The number of nitrogens with zero attached hydrogens (tertiary/aromatic N) is 1. The van der Waals surface area contributed by atoms with Crippen molar-refractivity contribution in [2.24, 2.45) is 0 Å². The van der Waals surface area contributed by atoms with Gasteiger partial charge in [-0.3, -0.25) is 9.69 Å². The lowest BCUT2D eigenvalue weighted by Crippen LogP contribution is -2.35.